The number of aromatic nitrogens is 1. The molecule has 0 amide bonds. The molecule has 5 heteroatoms. The summed E-state index contributed by atoms with van der Waals surface area (Å²) in [7, 11) is 0. The zero-order chi connectivity index (χ0) is 22.7. The van der Waals surface area contributed by atoms with Gasteiger partial charge in [0.15, 0.2) is 0 Å². The van der Waals surface area contributed by atoms with Gasteiger partial charge in [0.05, 0.1) is 16.1 Å². The summed E-state index contributed by atoms with van der Waals surface area (Å²) in [6, 6.07) is 24.9. The first-order chi connectivity index (χ1) is 15.3. The number of hydrogen-bond acceptors (Lipinski definition) is 4. The molecule has 32 heavy (non-hydrogen) atoms. The highest BCUT2D eigenvalue weighted by molar-refractivity contribution is 7.98. The first kappa shape index (κ1) is 22.6. The van der Waals surface area contributed by atoms with Crippen LogP contribution in [0.4, 0.5) is 0 Å². The number of nitriles is 1. The van der Waals surface area contributed by atoms with Gasteiger partial charge >= 0.3 is 0 Å². The molecular weight excluding hydrogens is 452 g/mol. The van der Waals surface area contributed by atoms with Crippen molar-refractivity contribution in [1.82, 2.24) is 4.98 Å². The van der Waals surface area contributed by atoms with Crippen LogP contribution in [0.25, 0.3) is 21.7 Å². The van der Waals surface area contributed by atoms with Gasteiger partial charge in [-0.05, 0) is 51.8 Å². The Balaban J connectivity index is 1.78. The lowest BCUT2D eigenvalue weighted by molar-refractivity contribution is 0.590. The number of halogens is 1. The quantitative estimate of drug-likeness (QED) is 0.272. The first-order valence-electron chi connectivity index (χ1n) is 10.3. The molecule has 0 aliphatic carbocycles. The standard InChI is InChI=1S/C27H23ClN2S2/c1-27(2,3)20-10-8-19(9-11-20)22-15-24(25-5-4-14-31-25)30-26(23(22)16-29)32-17-18-6-12-21(28)13-7-18/h4-15H,17H2,1-3H3. The Morgan fingerprint density at radius 3 is 2.34 bits per heavy atom. The molecule has 2 nitrogen and oxygen atoms in total. The summed E-state index contributed by atoms with van der Waals surface area (Å²) in [5.74, 6) is 0.717. The molecule has 0 atom stereocenters. The maximum atomic E-state index is 10.1. The van der Waals surface area contributed by atoms with Crippen molar-refractivity contribution in [3.63, 3.8) is 0 Å². The fourth-order valence-corrected chi connectivity index (χ4v) is 5.17. The number of thioether (sulfide) groups is 1. The van der Waals surface area contributed by atoms with E-state index >= 15 is 0 Å². The zero-order valence-corrected chi connectivity index (χ0v) is 20.6. The highest BCUT2D eigenvalue weighted by Gasteiger charge is 2.18. The van der Waals surface area contributed by atoms with Crippen molar-refractivity contribution in [2.24, 2.45) is 0 Å². The van der Waals surface area contributed by atoms with E-state index in [2.05, 4.69) is 57.2 Å². The van der Waals surface area contributed by atoms with Crippen LogP contribution in [0.1, 0.15) is 37.5 Å². The third-order valence-corrected chi connectivity index (χ3v) is 7.41. The molecule has 160 valence electrons. The molecule has 0 N–H and O–H groups in total. The van der Waals surface area contributed by atoms with Gasteiger partial charge in [0, 0.05) is 16.3 Å². The van der Waals surface area contributed by atoms with Crippen molar-refractivity contribution in [2.45, 2.75) is 37.0 Å². The molecule has 2 aromatic heterocycles. The molecule has 0 unspecified atom stereocenters. The van der Waals surface area contributed by atoms with Gasteiger partial charge in [0.25, 0.3) is 0 Å². The number of thiophene rings is 1. The van der Waals surface area contributed by atoms with Crippen LogP contribution in [0.3, 0.4) is 0 Å². The van der Waals surface area contributed by atoms with Crippen LogP contribution in [0.2, 0.25) is 5.02 Å². The van der Waals surface area contributed by atoms with E-state index in [-0.39, 0.29) is 5.41 Å². The lowest BCUT2D eigenvalue weighted by Gasteiger charge is -2.19. The Bertz CT molecular complexity index is 1250. The van der Waals surface area contributed by atoms with Crippen molar-refractivity contribution in [3.8, 4) is 27.8 Å². The lowest BCUT2D eigenvalue weighted by atomic mass is 9.86. The fourth-order valence-electron chi connectivity index (χ4n) is 3.39. The summed E-state index contributed by atoms with van der Waals surface area (Å²) >= 11 is 9.26. The minimum atomic E-state index is 0.0799. The van der Waals surface area contributed by atoms with Crippen molar-refractivity contribution in [2.75, 3.05) is 0 Å². The van der Waals surface area contributed by atoms with Gasteiger partial charge < -0.3 is 0 Å². The largest absolute Gasteiger partial charge is 0.239 e. The normalized spacial score (nSPS) is 11.3. The first-order valence-corrected chi connectivity index (χ1v) is 12.6. The number of pyridine rings is 1. The molecule has 0 aliphatic heterocycles. The van der Waals surface area contributed by atoms with E-state index in [9.17, 15) is 5.26 Å². The summed E-state index contributed by atoms with van der Waals surface area (Å²) in [5, 5.41) is 13.6. The van der Waals surface area contributed by atoms with Gasteiger partial charge in [0.2, 0.25) is 0 Å². The van der Waals surface area contributed by atoms with Crippen LogP contribution in [-0.2, 0) is 11.2 Å². The van der Waals surface area contributed by atoms with Gasteiger partial charge in [-0.1, -0.05) is 74.8 Å². The minimum absolute atomic E-state index is 0.0799. The lowest BCUT2D eigenvalue weighted by Crippen LogP contribution is -2.10. The van der Waals surface area contributed by atoms with E-state index in [1.807, 2.05) is 41.8 Å². The van der Waals surface area contributed by atoms with Gasteiger partial charge in [-0.3, -0.25) is 0 Å². The van der Waals surface area contributed by atoms with E-state index in [0.29, 0.717) is 5.56 Å². The number of rotatable bonds is 5. The average molecular weight is 475 g/mol. The summed E-state index contributed by atoms with van der Waals surface area (Å²) < 4.78 is 0. The van der Waals surface area contributed by atoms with Crippen molar-refractivity contribution >= 4 is 34.7 Å². The number of benzene rings is 2. The van der Waals surface area contributed by atoms with Crippen LogP contribution in [0.5, 0.6) is 0 Å². The van der Waals surface area contributed by atoms with Gasteiger partial charge in [0.1, 0.15) is 11.1 Å². The van der Waals surface area contributed by atoms with E-state index < -0.39 is 0 Å². The maximum absolute atomic E-state index is 10.1. The summed E-state index contributed by atoms with van der Waals surface area (Å²) in [5.41, 5.74) is 5.96. The van der Waals surface area contributed by atoms with Crippen LogP contribution >= 0.6 is 34.7 Å². The molecular formula is C27H23ClN2S2. The van der Waals surface area contributed by atoms with E-state index in [4.69, 9.17) is 16.6 Å². The zero-order valence-electron chi connectivity index (χ0n) is 18.2. The smallest absolute Gasteiger partial charge is 0.116 e. The minimum Gasteiger partial charge on any atom is -0.239 e. The molecule has 0 aliphatic rings. The highest BCUT2D eigenvalue weighted by Crippen LogP contribution is 2.37. The Morgan fingerprint density at radius 2 is 1.75 bits per heavy atom. The SMILES string of the molecule is CC(C)(C)c1ccc(-c2cc(-c3cccs3)nc(SCc3ccc(Cl)cc3)c2C#N)cc1. The van der Waals surface area contributed by atoms with Crippen LogP contribution < -0.4 is 0 Å². The summed E-state index contributed by atoms with van der Waals surface area (Å²) in [4.78, 5) is 5.98. The molecule has 2 heterocycles. The Morgan fingerprint density at radius 1 is 1.03 bits per heavy atom. The van der Waals surface area contributed by atoms with Crippen LogP contribution in [0.15, 0.2) is 77.1 Å². The van der Waals surface area contributed by atoms with E-state index in [1.165, 1.54) is 5.56 Å². The molecule has 0 fully saturated rings. The van der Waals surface area contributed by atoms with Gasteiger partial charge in [-0.15, -0.1) is 23.1 Å². The third kappa shape index (κ3) is 5.07. The van der Waals surface area contributed by atoms with Gasteiger partial charge in [-0.25, -0.2) is 4.98 Å². The molecule has 2 aromatic carbocycles. The Labute approximate surface area is 202 Å². The Kier molecular flexibility index (Phi) is 6.71. The second kappa shape index (κ2) is 9.50. The van der Waals surface area contributed by atoms with Gasteiger partial charge in [-0.2, -0.15) is 5.26 Å². The topological polar surface area (TPSA) is 36.7 Å². The molecule has 4 aromatic rings. The second-order valence-corrected chi connectivity index (χ2v) is 10.9. The summed E-state index contributed by atoms with van der Waals surface area (Å²) in [6.45, 7) is 6.61. The number of hydrogen-bond donors (Lipinski definition) is 0. The summed E-state index contributed by atoms with van der Waals surface area (Å²) in [6.07, 6.45) is 0. The predicted molar refractivity (Wildman–Crippen MR) is 137 cm³/mol. The number of nitrogens with zero attached hydrogens (tertiary/aromatic N) is 2. The maximum Gasteiger partial charge on any atom is 0.116 e. The van der Waals surface area contributed by atoms with Crippen LogP contribution in [-0.4, -0.2) is 4.98 Å². The fraction of sp³-hybridized carbons (Fsp3) is 0.185. The van der Waals surface area contributed by atoms with Crippen molar-refractivity contribution in [1.29, 1.82) is 5.26 Å². The van der Waals surface area contributed by atoms with E-state index in [0.717, 1.165) is 43.1 Å². The van der Waals surface area contributed by atoms with E-state index in [1.54, 1.807) is 23.1 Å². The predicted octanol–water partition coefficient (Wildman–Crippen LogP) is 8.59. The molecule has 0 bridgehead atoms. The second-order valence-electron chi connectivity index (χ2n) is 8.57. The molecule has 0 spiro atoms. The molecule has 0 saturated heterocycles. The average Bonchev–Trinajstić information content (AvgIpc) is 3.32. The monoisotopic (exact) mass is 474 g/mol. The molecule has 0 radical (unpaired) electrons. The van der Waals surface area contributed by atoms with Crippen LogP contribution in [0, 0.1) is 11.3 Å². The van der Waals surface area contributed by atoms with Crippen molar-refractivity contribution in [3.05, 3.63) is 93.8 Å². The molecule has 4 rings (SSSR count). The highest BCUT2D eigenvalue weighted by atomic mass is 35.5. The third-order valence-electron chi connectivity index (χ3n) is 5.22. The molecule has 0 saturated carbocycles. The van der Waals surface area contributed by atoms with Crippen molar-refractivity contribution < 1.29 is 0 Å². The Hall–Kier alpha value is -2.58.